The summed E-state index contributed by atoms with van der Waals surface area (Å²) in [7, 11) is 0. The van der Waals surface area contributed by atoms with E-state index >= 15 is 0 Å². The highest BCUT2D eigenvalue weighted by atomic mass is 19.1. The first-order valence-corrected chi connectivity index (χ1v) is 6.81. The standard InChI is InChI=1S/C15H20F2N2O/c1-10-4-5-11(16)12(13(10)17)14(20)15(2,3)19-8-6-18-7-9-19/h4-5,18H,6-9H2,1-3H3. The van der Waals surface area contributed by atoms with E-state index in [4.69, 9.17) is 0 Å². The molecule has 0 spiro atoms. The van der Waals surface area contributed by atoms with Gasteiger partial charge in [-0.25, -0.2) is 8.78 Å². The molecule has 0 bridgehead atoms. The summed E-state index contributed by atoms with van der Waals surface area (Å²) in [6.07, 6.45) is 0. The molecule has 110 valence electrons. The number of aryl methyl sites for hydroxylation is 1. The number of carbonyl (C=O) groups is 1. The zero-order valence-corrected chi connectivity index (χ0v) is 12.1. The van der Waals surface area contributed by atoms with Gasteiger partial charge in [-0.1, -0.05) is 6.07 Å². The third-order valence-corrected chi connectivity index (χ3v) is 3.97. The minimum Gasteiger partial charge on any atom is -0.314 e. The monoisotopic (exact) mass is 282 g/mol. The van der Waals surface area contributed by atoms with Crippen LogP contribution in [-0.2, 0) is 0 Å². The van der Waals surface area contributed by atoms with E-state index in [0.717, 1.165) is 19.2 Å². The lowest BCUT2D eigenvalue weighted by Crippen LogP contribution is -2.57. The van der Waals surface area contributed by atoms with Gasteiger partial charge in [-0.2, -0.15) is 0 Å². The van der Waals surface area contributed by atoms with Gasteiger partial charge in [-0.3, -0.25) is 9.69 Å². The third-order valence-electron chi connectivity index (χ3n) is 3.97. The average molecular weight is 282 g/mol. The Morgan fingerprint density at radius 2 is 1.85 bits per heavy atom. The summed E-state index contributed by atoms with van der Waals surface area (Å²) < 4.78 is 28.0. The Morgan fingerprint density at radius 1 is 1.25 bits per heavy atom. The zero-order valence-electron chi connectivity index (χ0n) is 12.1. The highest BCUT2D eigenvalue weighted by Crippen LogP contribution is 2.25. The Labute approximate surface area is 118 Å². The molecule has 0 saturated carbocycles. The second-order valence-corrected chi connectivity index (χ2v) is 5.68. The van der Waals surface area contributed by atoms with E-state index in [-0.39, 0.29) is 5.56 Å². The summed E-state index contributed by atoms with van der Waals surface area (Å²) in [6, 6.07) is 2.50. The maximum Gasteiger partial charge on any atom is 0.188 e. The lowest BCUT2D eigenvalue weighted by atomic mass is 9.89. The fourth-order valence-corrected chi connectivity index (χ4v) is 2.54. The van der Waals surface area contributed by atoms with Crippen LogP contribution in [0.5, 0.6) is 0 Å². The van der Waals surface area contributed by atoms with Gasteiger partial charge in [0.15, 0.2) is 5.78 Å². The van der Waals surface area contributed by atoms with E-state index in [0.29, 0.717) is 13.1 Å². The van der Waals surface area contributed by atoms with Crippen molar-refractivity contribution in [2.45, 2.75) is 26.3 Å². The van der Waals surface area contributed by atoms with Crippen molar-refractivity contribution in [2.24, 2.45) is 0 Å². The Balaban J connectivity index is 2.37. The van der Waals surface area contributed by atoms with Crippen LogP contribution in [0.15, 0.2) is 12.1 Å². The number of carbonyl (C=O) groups excluding carboxylic acids is 1. The van der Waals surface area contributed by atoms with E-state index in [1.807, 2.05) is 4.90 Å². The lowest BCUT2D eigenvalue weighted by molar-refractivity contribution is 0.0593. The summed E-state index contributed by atoms with van der Waals surface area (Å²) in [5.74, 6) is -2.04. The molecule has 20 heavy (non-hydrogen) atoms. The van der Waals surface area contributed by atoms with Crippen LogP contribution in [0.2, 0.25) is 0 Å². The van der Waals surface area contributed by atoms with Crippen LogP contribution >= 0.6 is 0 Å². The molecule has 1 aromatic carbocycles. The van der Waals surface area contributed by atoms with Crippen LogP contribution in [0.3, 0.4) is 0 Å². The molecule has 1 saturated heterocycles. The molecule has 2 rings (SSSR count). The van der Waals surface area contributed by atoms with Crippen molar-refractivity contribution in [1.29, 1.82) is 0 Å². The molecule has 0 amide bonds. The number of halogens is 2. The van der Waals surface area contributed by atoms with Crippen molar-refractivity contribution in [3.8, 4) is 0 Å². The molecule has 3 nitrogen and oxygen atoms in total. The fraction of sp³-hybridized carbons (Fsp3) is 0.533. The van der Waals surface area contributed by atoms with Crippen molar-refractivity contribution >= 4 is 5.78 Å². The van der Waals surface area contributed by atoms with Crippen molar-refractivity contribution in [3.63, 3.8) is 0 Å². The summed E-state index contributed by atoms with van der Waals surface area (Å²) in [5.41, 5.74) is -1.06. The summed E-state index contributed by atoms with van der Waals surface area (Å²) in [4.78, 5) is 14.6. The highest BCUT2D eigenvalue weighted by Gasteiger charge is 2.38. The molecule has 1 fully saturated rings. The minimum absolute atomic E-state index is 0.283. The largest absolute Gasteiger partial charge is 0.314 e. The van der Waals surface area contributed by atoms with Crippen molar-refractivity contribution in [3.05, 3.63) is 34.9 Å². The van der Waals surface area contributed by atoms with Gasteiger partial charge in [0.1, 0.15) is 11.6 Å². The number of Topliss-reactive ketones (excluding diaryl/α,β-unsaturated/α-hetero) is 1. The van der Waals surface area contributed by atoms with Crippen LogP contribution in [-0.4, -0.2) is 42.4 Å². The van der Waals surface area contributed by atoms with Gasteiger partial charge in [-0.15, -0.1) is 0 Å². The van der Waals surface area contributed by atoms with E-state index in [1.165, 1.54) is 13.0 Å². The Hall–Kier alpha value is -1.33. The van der Waals surface area contributed by atoms with Gasteiger partial charge >= 0.3 is 0 Å². The average Bonchev–Trinajstić information content (AvgIpc) is 2.44. The molecule has 0 radical (unpaired) electrons. The first kappa shape index (κ1) is 15.1. The van der Waals surface area contributed by atoms with Crippen LogP contribution in [0.1, 0.15) is 29.8 Å². The molecule has 0 aromatic heterocycles. The molecular weight excluding hydrogens is 262 g/mol. The number of piperazine rings is 1. The number of hydrogen-bond acceptors (Lipinski definition) is 3. The number of ketones is 1. The van der Waals surface area contributed by atoms with Crippen LogP contribution < -0.4 is 5.32 Å². The van der Waals surface area contributed by atoms with Crippen LogP contribution in [0, 0.1) is 18.6 Å². The van der Waals surface area contributed by atoms with E-state index in [9.17, 15) is 13.6 Å². The first-order valence-electron chi connectivity index (χ1n) is 6.81. The highest BCUT2D eigenvalue weighted by molar-refractivity contribution is 6.03. The van der Waals surface area contributed by atoms with Crippen LogP contribution in [0.4, 0.5) is 8.78 Å². The molecule has 1 aromatic rings. The minimum atomic E-state index is -0.919. The van der Waals surface area contributed by atoms with Gasteiger partial charge in [0.2, 0.25) is 0 Å². The summed E-state index contributed by atoms with van der Waals surface area (Å²) in [5, 5.41) is 3.20. The van der Waals surface area contributed by atoms with E-state index < -0.39 is 28.5 Å². The first-order chi connectivity index (χ1) is 9.35. The van der Waals surface area contributed by atoms with Crippen molar-refractivity contribution in [1.82, 2.24) is 10.2 Å². The molecular formula is C15H20F2N2O. The molecule has 1 aliphatic heterocycles. The maximum atomic E-state index is 14.1. The SMILES string of the molecule is Cc1ccc(F)c(C(=O)C(C)(C)N2CCNCC2)c1F. The van der Waals surface area contributed by atoms with Gasteiger partial charge in [0.25, 0.3) is 0 Å². The maximum absolute atomic E-state index is 14.1. The number of benzene rings is 1. The Bertz CT molecular complexity index is 523. The van der Waals surface area contributed by atoms with Gasteiger partial charge in [-0.05, 0) is 32.4 Å². The normalized spacial score (nSPS) is 17.2. The smallest absolute Gasteiger partial charge is 0.188 e. The third kappa shape index (κ3) is 2.60. The summed E-state index contributed by atoms with van der Waals surface area (Å²) in [6.45, 7) is 7.90. The quantitative estimate of drug-likeness (QED) is 0.862. The molecule has 0 unspecified atom stereocenters. The predicted octanol–water partition coefficient (Wildman–Crippen LogP) is 2.14. The van der Waals surface area contributed by atoms with Gasteiger partial charge in [0, 0.05) is 26.2 Å². The molecule has 5 heteroatoms. The Morgan fingerprint density at radius 3 is 2.45 bits per heavy atom. The van der Waals surface area contributed by atoms with Gasteiger partial charge in [0.05, 0.1) is 11.1 Å². The molecule has 0 atom stereocenters. The second kappa shape index (κ2) is 5.58. The van der Waals surface area contributed by atoms with E-state index in [2.05, 4.69) is 5.32 Å². The summed E-state index contributed by atoms with van der Waals surface area (Å²) >= 11 is 0. The lowest BCUT2D eigenvalue weighted by Gasteiger charge is -2.40. The number of rotatable bonds is 3. The molecule has 0 aliphatic carbocycles. The predicted molar refractivity (Wildman–Crippen MR) is 73.9 cm³/mol. The second-order valence-electron chi connectivity index (χ2n) is 5.68. The molecule has 1 N–H and O–H groups in total. The number of nitrogens with zero attached hydrogens (tertiary/aromatic N) is 1. The molecule has 1 aliphatic rings. The van der Waals surface area contributed by atoms with Crippen molar-refractivity contribution in [2.75, 3.05) is 26.2 Å². The van der Waals surface area contributed by atoms with Crippen molar-refractivity contribution < 1.29 is 13.6 Å². The van der Waals surface area contributed by atoms with Gasteiger partial charge < -0.3 is 5.32 Å². The number of hydrogen-bond donors (Lipinski definition) is 1. The Kier molecular flexibility index (Phi) is 4.20. The van der Waals surface area contributed by atoms with Crippen LogP contribution in [0.25, 0.3) is 0 Å². The van der Waals surface area contributed by atoms with E-state index in [1.54, 1.807) is 13.8 Å². The number of nitrogens with one attached hydrogen (secondary N) is 1. The zero-order chi connectivity index (χ0) is 14.9. The topological polar surface area (TPSA) is 32.3 Å². The molecule has 1 heterocycles. The fourth-order valence-electron chi connectivity index (χ4n) is 2.54.